The van der Waals surface area contributed by atoms with E-state index in [1.165, 1.54) is 7.11 Å². The molecule has 106 valence electrons. The molecule has 0 aliphatic carbocycles. The van der Waals surface area contributed by atoms with E-state index in [4.69, 9.17) is 0 Å². The number of rotatable bonds is 6. The van der Waals surface area contributed by atoms with E-state index in [1.54, 1.807) is 18.7 Å². The summed E-state index contributed by atoms with van der Waals surface area (Å²) < 4.78 is 28.5. The summed E-state index contributed by atoms with van der Waals surface area (Å²) in [6.45, 7) is 3.09. The van der Waals surface area contributed by atoms with Crippen molar-refractivity contribution in [3.05, 3.63) is 0 Å². The normalized spacial score (nSPS) is 21.8. The zero-order chi connectivity index (χ0) is 13.6. The maximum atomic E-state index is 12.0. The minimum atomic E-state index is -3.04. The standard InChI is InChI=1S/C11H21NO4S2/c1-3-18(14,15)10-9-17-8-7-12(10)6-4-5-11(13)16-2/h10H,3-9H2,1-2H3. The van der Waals surface area contributed by atoms with Gasteiger partial charge in [0.25, 0.3) is 0 Å². The van der Waals surface area contributed by atoms with E-state index in [2.05, 4.69) is 4.74 Å². The molecule has 0 aromatic carbocycles. The number of hydrogen-bond donors (Lipinski definition) is 0. The van der Waals surface area contributed by atoms with Gasteiger partial charge < -0.3 is 4.74 Å². The van der Waals surface area contributed by atoms with Crippen LogP contribution in [-0.4, -0.2) is 62.1 Å². The van der Waals surface area contributed by atoms with Crippen molar-refractivity contribution in [1.82, 2.24) is 4.90 Å². The number of methoxy groups -OCH3 is 1. The highest BCUT2D eigenvalue weighted by molar-refractivity contribution is 8.01. The van der Waals surface area contributed by atoms with E-state index in [0.717, 1.165) is 12.3 Å². The van der Waals surface area contributed by atoms with E-state index in [-0.39, 0.29) is 17.1 Å². The van der Waals surface area contributed by atoms with Crippen LogP contribution in [0.25, 0.3) is 0 Å². The van der Waals surface area contributed by atoms with Gasteiger partial charge in [-0.3, -0.25) is 9.69 Å². The fourth-order valence-corrected chi connectivity index (χ4v) is 5.03. The van der Waals surface area contributed by atoms with Gasteiger partial charge in [-0.2, -0.15) is 11.8 Å². The molecule has 0 spiro atoms. The summed E-state index contributed by atoms with van der Waals surface area (Å²) in [5.41, 5.74) is 0. The lowest BCUT2D eigenvalue weighted by atomic mass is 10.3. The third kappa shape index (κ3) is 4.44. The van der Waals surface area contributed by atoms with Gasteiger partial charge in [-0.15, -0.1) is 0 Å². The molecule has 0 bridgehead atoms. The van der Waals surface area contributed by atoms with E-state index in [1.807, 2.05) is 4.90 Å². The number of ether oxygens (including phenoxy) is 1. The minimum absolute atomic E-state index is 0.172. The topological polar surface area (TPSA) is 63.7 Å². The highest BCUT2D eigenvalue weighted by Crippen LogP contribution is 2.21. The number of nitrogens with zero attached hydrogens (tertiary/aromatic N) is 1. The van der Waals surface area contributed by atoms with Crippen LogP contribution in [0.4, 0.5) is 0 Å². The Morgan fingerprint density at radius 2 is 2.22 bits per heavy atom. The van der Waals surface area contributed by atoms with Crippen molar-refractivity contribution in [3.8, 4) is 0 Å². The SMILES string of the molecule is CCS(=O)(=O)C1CSCCN1CCCC(=O)OC. The summed E-state index contributed by atoms with van der Waals surface area (Å²) in [5.74, 6) is 1.52. The fourth-order valence-electron chi connectivity index (χ4n) is 1.92. The predicted molar refractivity (Wildman–Crippen MR) is 73.4 cm³/mol. The number of esters is 1. The molecule has 1 atom stereocenters. The molecule has 0 radical (unpaired) electrons. The predicted octanol–water partition coefficient (Wildman–Crippen LogP) is 0.749. The Morgan fingerprint density at radius 1 is 1.50 bits per heavy atom. The molecular formula is C11H21NO4S2. The second kappa shape index (κ2) is 7.35. The third-order valence-corrected chi connectivity index (χ3v) is 6.39. The number of hydrogen-bond acceptors (Lipinski definition) is 6. The molecule has 0 amide bonds. The minimum Gasteiger partial charge on any atom is -0.469 e. The highest BCUT2D eigenvalue weighted by Gasteiger charge is 2.32. The average molecular weight is 295 g/mol. The molecule has 0 aromatic heterocycles. The lowest BCUT2D eigenvalue weighted by molar-refractivity contribution is -0.140. The molecule has 18 heavy (non-hydrogen) atoms. The lowest BCUT2D eigenvalue weighted by Gasteiger charge is -2.34. The molecule has 1 heterocycles. The molecule has 1 fully saturated rings. The molecular weight excluding hydrogens is 274 g/mol. The van der Waals surface area contributed by atoms with E-state index < -0.39 is 9.84 Å². The van der Waals surface area contributed by atoms with Gasteiger partial charge in [0, 0.05) is 30.2 Å². The first-order chi connectivity index (χ1) is 8.51. The zero-order valence-electron chi connectivity index (χ0n) is 10.9. The fraction of sp³-hybridized carbons (Fsp3) is 0.909. The summed E-state index contributed by atoms with van der Waals surface area (Å²) in [7, 11) is -1.67. The Bertz CT molecular complexity index is 369. The summed E-state index contributed by atoms with van der Waals surface area (Å²) in [6.07, 6.45) is 0.992. The molecule has 1 saturated heterocycles. The van der Waals surface area contributed by atoms with Crippen molar-refractivity contribution < 1.29 is 17.9 Å². The Labute approximate surface area is 113 Å². The van der Waals surface area contributed by atoms with Gasteiger partial charge in [-0.05, 0) is 13.0 Å². The van der Waals surface area contributed by atoms with Crippen LogP contribution in [0.3, 0.4) is 0 Å². The smallest absolute Gasteiger partial charge is 0.305 e. The summed E-state index contributed by atoms with van der Waals surface area (Å²) >= 11 is 1.68. The van der Waals surface area contributed by atoms with Crippen LogP contribution < -0.4 is 0 Å². The maximum absolute atomic E-state index is 12.0. The van der Waals surface area contributed by atoms with Crippen molar-refractivity contribution in [3.63, 3.8) is 0 Å². The first-order valence-electron chi connectivity index (χ1n) is 6.11. The van der Waals surface area contributed by atoms with Crippen LogP contribution in [0.2, 0.25) is 0 Å². The first-order valence-corrected chi connectivity index (χ1v) is 8.98. The maximum Gasteiger partial charge on any atom is 0.305 e. The number of carbonyl (C=O) groups excluding carboxylic acids is 1. The Morgan fingerprint density at radius 3 is 2.83 bits per heavy atom. The third-order valence-electron chi connectivity index (χ3n) is 3.06. The molecule has 0 saturated carbocycles. The van der Waals surface area contributed by atoms with Gasteiger partial charge in [-0.25, -0.2) is 8.42 Å². The van der Waals surface area contributed by atoms with Crippen LogP contribution in [0.5, 0.6) is 0 Å². The van der Waals surface area contributed by atoms with Gasteiger partial charge in [0.15, 0.2) is 9.84 Å². The van der Waals surface area contributed by atoms with Crippen molar-refractivity contribution in [2.24, 2.45) is 0 Å². The van der Waals surface area contributed by atoms with Crippen molar-refractivity contribution >= 4 is 27.6 Å². The second-order valence-electron chi connectivity index (χ2n) is 4.20. The van der Waals surface area contributed by atoms with Crippen molar-refractivity contribution in [2.45, 2.75) is 25.1 Å². The number of sulfone groups is 1. The number of carbonyl (C=O) groups is 1. The quantitative estimate of drug-likeness (QED) is 0.674. The van der Waals surface area contributed by atoms with E-state index in [9.17, 15) is 13.2 Å². The van der Waals surface area contributed by atoms with Crippen LogP contribution in [0, 0.1) is 0 Å². The highest BCUT2D eigenvalue weighted by atomic mass is 32.2. The lowest BCUT2D eigenvalue weighted by Crippen LogP contribution is -2.48. The van der Waals surface area contributed by atoms with Crippen molar-refractivity contribution in [1.29, 1.82) is 0 Å². The van der Waals surface area contributed by atoms with Crippen LogP contribution >= 0.6 is 11.8 Å². The second-order valence-corrected chi connectivity index (χ2v) is 7.79. The average Bonchev–Trinajstić information content (AvgIpc) is 2.39. The molecule has 7 heteroatoms. The monoisotopic (exact) mass is 295 g/mol. The molecule has 5 nitrogen and oxygen atoms in total. The van der Waals surface area contributed by atoms with Gasteiger partial charge >= 0.3 is 5.97 Å². The molecule has 1 aliphatic rings. The van der Waals surface area contributed by atoms with E-state index >= 15 is 0 Å². The zero-order valence-corrected chi connectivity index (χ0v) is 12.6. The first kappa shape index (κ1) is 15.8. The molecule has 1 aliphatic heterocycles. The summed E-state index contributed by atoms with van der Waals surface area (Å²) in [4.78, 5) is 13.0. The van der Waals surface area contributed by atoms with Crippen LogP contribution in [0.15, 0.2) is 0 Å². The van der Waals surface area contributed by atoms with Gasteiger partial charge in [0.05, 0.1) is 7.11 Å². The number of thioether (sulfide) groups is 1. The Balaban J connectivity index is 2.53. The molecule has 0 aromatic rings. The summed E-state index contributed by atoms with van der Waals surface area (Å²) in [5, 5.41) is -0.390. The Kier molecular flexibility index (Phi) is 6.45. The largest absolute Gasteiger partial charge is 0.469 e. The molecule has 1 rings (SSSR count). The summed E-state index contributed by atoms with van der Waals surface area (Å²) in [6, 6.07) is 0. The van der Waals surface area contributed by atoms with Crippen LogP contribution in [-0.2, 0) is 19.4 Å². The Hall–Kier alpha value is -0.270. The molecule has 1 unspecified atom stereocenters. The van der Waals surface area contributed by atoms with E-state index in [0.29, 0.717) is 25.1 Å². The van der Waals surface area contributed by atoms with Gasteiger partial charge in [0.1, 0.15) is 5.37 Å². The van der Waals surface area contributed by atoms with Gasteiger partial charge in [-0.1, -0.05) is 6.92 Å². The van der Waals surface area contributed by atoms with Crippen molar-refractivity contribution in [2.75, 3.05) is 37.5 Å². The van der Waals surface area contributed by atoms with Gasteiger partial charge in [0.2, 0.25) is 0 Å². The molecule has 0 N–H and O–H groups in total. The van der Waals surface area contributed by atoms with Crippen LogP contribution in [0.1, 0.15) is 19.8 Å².